The van der Waals surface area contributed by atoms with Gasteiger partial charge in [0, 0.05) is 16.3 Å². The standard InChI is InChI=1S/C22H13F4N5/c23-16-10-5-8-14-18(16)30-31-21(14)29-20-13-7-2-4-11-17(13)27-19(28-20)12-6-1-3-9-15(12)22(24,25)26/h1-11H,(H2,27,28,29,30,31). The highest BCUT2D eigenvalue weighted by atomic mass is 19.4. The first-order chi connectivity index (χ1) is 14.9. The molecule has 154 valence electrons. The normalized spacial score (nSPS) is 11.9. The molecule has 0 radical (unpaired) electrons. The number of nitrogens with one attached hydrogen (secondary N) is 2. The van der Waals surface area contributed by atoms with E-state index in [0.29, 0.717) is 22.1 Å². The first-order valence-electron chi connectivity index (χ1n) is 9.25. The fraction of sp³-hybridized carbons (Fsp3) is 0.0455. The molecule has 0 aliphatic heterocycles. The Morgan fingerprint density at radius 3 is 2.35 bits per heavy atom. The van der Waals surface area contributed by atoms with Crippen LogP contribution >= 0.6 is 0 Å². The third kappa shape index (κ3) is 3.33. The van der Waals surface area contributed by atoms with E-state index in [-0.39, 0.29) is 22.7 Å². The Morgan fingerprint density at radius 1 is 0.774 bits per heavy atom. The quantitative estimate of drug-likeness (QED) is 0.346. The summed E-state index contributed by atoms with van der Waals surface area (Å²) in [4.78, 5) is 8.73. The molecule has 2 heterocycles. The van der Waals surface area contributed by atoms with E-state index in [1.807, 2.05) is 0 Å². The van der Waals surface area contributed by atoms with Gasteiger partial charge in [-0.15, -0.1) is 0 Å². The lowest BCUT2D eigenvalue weighted by Gasteiger charge is -2.14. The zero-order valence-electron chi connectivity index (χ0n) is 15.7. The Labute approximate surface area is 172 Å². The molecule has 5 rings (SSSR count). The number of aromatic nitrogens is 4. The SMILES string of the molecule is Fc1cccc2c(Nc3nc(-c4ccccc4C(F)(F)F)nc4ccccc34)n[nH]c12. The molecular formula is C22H13F4N5. The lowest BCUT2D eigenvalue weighted by molar-refractivity contribution is -0.137. The fourth-order valence-corrected chi connectivity index (χ4v) is 3.43. The average Bonchev–Trinajstić information content (AvgIpc) is 3.17. The van der Waals surface area contributed by atoms with Gasteiger partial charge in [0.15, 0.2) is 11.6 Å². The Hall–Kier alpha value is -4.01. The largest absolute Gasteiger partial charge is 0.417 e. The van der Waals surface area contributed by atoms with Crippen molar-refractivity contribution >= 4 is 33.4 Å². The Kier molecular flexibility index (Phi) is 4.32. The van der Waals surface area contributed by atoms with Gasteiger partial charge in [0.2, 0.25) is 0 Å². The molecule has 2 N–H and O–H groups in total. The molecule has 0 atom stereocenters. The van der Waals surface area contributed by atoms with Crippen molar-refractivity contribution in [3.05, 3.63) is 78.1 Å². The molecule has 3 aromatic carbocycles. The molecule has 0 fully saturated rings. The topological polar surface area (TPSA) is 66.5 Å². The van der Waals surface area contributed by atoms with Crippen LogP contribution < -0.4 is 5.32 Å². The van der Waals surface area contributed by atoms with Gasteiger partial charge in [0.1, 0.15) is 17.2 Å². The van der Waals surface area contributed by atoms with Crippen LogP contribution in [0.1, 0.15) is 5.56 Å². The van der Waals surface area contributed by atoms with Crippen molar-refractivity contribution < 1.29 is 17.6 Å². The van der Waals surface area contributed by atoms with Crippen molar-refractivity contribution in [2.24, 2.45) is 0 Å². The van der Waals surface area contributed by atoms with Crippen LogP contribution in [0.15, 0.2) is 66.7 Å². The Morgan fingerprint density at radius 2 is 1.52 bits per heavy atom. The molecule has 0 unspecified atom stereocenters. The lowest BCUT2D eigenvalue weighted by Crippen LogP contribution is -2.08. The van der Waals surface area contributed by atoms with Gasteiger partial charge in [-0.3, -0.25) is 5.10 Å². The maximum absolute atomic E-state index is 14.0. The predicted molar refractivity (Wildman–Crippen MR) is 109 cm³/mol. The average molecular weight is 423 g/mol. The number of halogens is 4. The van der Waals surface area contributed by atoms with Gasteiger partial charge < -0.3 is 5.32 Å². The van der Waals surface area contributed by atoms with E-state index < -0.39 is 17.6 Å². The van der Waals surface area contributed by atoms with E-state index in [1.165, 1.54) is 24.3 Å². The summed E-state index contributed by atoms with van der Waals surface area (Å²) in [6, 6.07) is 16.6. The molecule has 5 aromatic rings. The third-order valence-electron chi connectivity index (χ3n) is 4.86. The molecule has 0 aliphatic carbocycles. The summed E-state index contributed by atoms with van der Waals surface area (Å²) in [6.07, 6.45) is -4.56. The number of fused-ring (bicyclic) bond motifs is 2. The summed E-state index contributed by atoms with van der Waals surface area (Å²) >= 11 is 0. The lowest BCUT2D eigenvalue weighted by atomic mass is 10.1. The predicted octanol–water partition coefficient (Wildman–Crippen LogP) is 6.07. The van der Waals surface area contributed by atoms with Crippen LogP contribution in [0.3, 0.4) is 0 Å². The van der Waals surface area contributed by atoms with E-state index in [2.05, 4.69) is 25.5 Å². The summed E-state index contributed by atoms with van der Waals surface area (Å²) < 4.78 is 54.6. The molecule has 0 spiro atoms. The zero-order chi connectivity index (χ0) is 21.6. The van der Waals surface area contributed by atoms with Crippen molar-refractivity contribution in [1.29, 1.82) is 0 Å². The zero-order valence-corrected chi connectivity index (χ0v) is 15.7. The summed E-state index contributed by atoms with van der Waals surface area (Å²) in [5.74, 6) is 0.00850. The monoisotopic (exact) mass is 423 g/mol. The van der Waals surface area contributed by atoms with Crippen LogP contribution in [-0.4, -0.2) is 20.2 Å². The van der Waals surface area contributed by atoms with Gasteiger partial charge >= 0.3 is 6.18 Å². The van der Waals surface area contributed by atoms with E-state index in [9.17, 15) is 17.6 Å². The highest BCUT2D eigenvalue weighted by Crippen LogP contribution is 2.37. The minimum absolute atomic E-state index is 0.0832. The van der Waals surface area contributed by atoms with E-state index >= 15 is 0 Å². The number of para-hydroxylation sites is 2. The highest BCUT2D eigenvalue weighted by Gasteiger charge is 2.34. The van der Waals surface area contributed by atoms with Crippen LogP contribution in [0.25, 0.3) is 33.2 Å². The van der Waals surface area contributed by atoms with Crippen molar-refractivity contribution in [1.82, 2.24) is 20.2 Å². The summed E-state index contributed by atoms with van der Waals surface area (Å²) in [5, 5.41) is 10.8. The fourth-order valence-electron chi connectivity index (χ4n) is 3.43. The molecule has 0 saturated carbocycles. The first kappa shape index (κ1) is 19.0. The summed E-state index contributed by atoms with van der Waals surface area (Å²) in [7, 11) is 0. The summed E-state index contributed by atoms with van der Waals surface area (Å²) in [5.41, 5.74) is -0.297. The molecule has 0 saturated heterocycles. The number of nitrogens with zero attached hydrogens (tertiary/aromatic N) is 3. The highest BCUT2D eigenvalue weighted by molar-refractivity contribution is 5.97. The molecule has 2 aromatic heterocycles. The molecule has 31 heavy (non-hydrogen) atoms. The van der Waals surface area contributed by atoms with Crippen LogP contribution in [0.5, 0.6) is 0 Å². The maximum Gasteiger partial charge on any atom is 0.417 e. The van der Waals surface area contributed by atoms with Crippen molar-refractivity contribution in [3.63, 3.8) is 0 Å². The van der Waals surface area contributed by atoms with Gasteiger partial charge in [-0.2, -0.15) is 18.3 Å². The minimum atomic E-state index is -4.56. The van der Waals surface area contributed by atoms with Gasteiger partial charge in [0.25, 0.3) is 0 Å². The number of anilines is 2. The molecule has 0 bridgehead atoms. The van der Waals surface area contributed by atoms with Crippen molar-refractivity contribution in [3.8, 4) is 11.4 Å². The van der Waals surface area contributed by atoms with Crippen molar-refractivity contribution in [2.75, 3.05) is 5.32 Å². The second-order valence-electron chi connectivity index (χ2n) is 6.82. The molecule has 5 nitrogen and oxygen atoms in total. The third-order valence-corrected chi connectivity index (χ3v) is 4.86. The van der Waals surface area contributed by atoms with E-state index in [0.717, 1.165) is 6.07 Å². The van der Waals surface area contributed by atoms with Crippen LogP contribution in [0, 0.1) is 5.82 Å². The molecule has 0 aliphatic rings. The second kappa shape index (κ2) is 7.05. The number of benzene rings is 3. The number of hydrogen-bond donors (Lipinski definition) is 2. The van der Waals surface area contributed by atoms with Gasteiger partial charge in [-0.05, 0) is 30.3 Å². The second-order valence-corrected chi connectivity index (χ2v) is 6.82. The number of H-pyrrole nitrogens is 1. The van der Waals surface area contributed by atoms with Crippen LogP contribution in [0.4, 0.5) is 29.2 Å². The molecule has 0 amide bonds. The van der Waals surface area contributed by atoms with E-state index in [1.54, 1.807) is 36.4 Å². The molecule has 9 heteroatoms. The number of alkyl halides is 3. The van der Waals surface area contributed by atoms with Crippen LogP contribution in [-0.2, 0) is 6.18 Å². The first-order valence-corrected chi connectivity index (χ1v) is 9.25. The smallest absolute Gasteiger partial charge is 0.322 e. The van der Waals surface area contributed by atoms with Gasteiger partial charge in [0.05, 0.1) is 11.1 Å². The molecular weight excluding hydrogens is 410 g/mol. The number of aromatic amines is 1. The van der Waals surface area contributed by atoms with Crippen LogP contribution in [0.2, 0.25) is 0 Å². The number of hydrogen-bond acceptors (Lipinski definition) is 4. The Bertz CT molecular complexity index is 1420. The summed E-state index contributed by atoms with van der Waals surface area (Å²) in [6.45, 7) is 0. The minimum Gasteiger partial charge on any atom is -0.322 e. The van der Waals surface area contributed by atoms with Crippen molar-refractivity contribution in [2.45, 2.75) is 6.18 Å². The Balaban J connectivity index is 1.70. The maximum atomic E-state index is 14.0. The van der Waals surface area contributed by atoms with Gasteiger partial charge in [-0.1, -0.05) is 36.4 Å². The number of rotatable bonds is 3. The van der Waals surface area contributed by atoms with Gasteiger partial charge in [-0.25, -0.2) is 14.4 Å². The van der Waals surface area contributed by atoms with E-state index in [4.69, 9.17) is 0 Å².